The number of piperidine rings is 1. The fourth-order valence-electron chi connectivity index (χ4n) is 1.55. The average Bonchev–Trinajstić information content (AvgIpc) is 1.88. The van der Waals surface area contributed by atoms with Crippen molar-refractivity contribution in [2.24, 2.45) is 5.92 Å². The molecule has 58 valence electrons. The number of allylic oxidation sites excluding steroid dienone is 1. The molecular weight excluding hydrogens is 126 g/mol. The second-order valence-electron chi connectivity index (χ2n) is 3.03. The van der Waals surface area contributed by atoms with Gasteiger partial charge in [0.25, 0.3) is 0 Å². The first-order valence-electron chi connectivity index (χ1n) is 3.95. The monoisotopic (exact) mass is 141 g/mol. The first kappa shape index (κ1) is 7.76. The summed E-state index contributed by atoms with van der Waals surface area (Å²) in [4.78, 5) is 0. The zero-order valence-electron chi connectivity index (χ0n) is 6.31. The molecule has 2 unspecified atom stereocenters. The Morgan fingerprint density at radius 3 is 3.10 bits per heavy atom. The van der Waals surface area contributed by atoms with Gasteiger partial charge < -0.3 is 10.3 Å². The van der Waals surface area contributed by atoms with Crippen LogP contribution in [0, 0.1) is 11.1 Å². The Balaban J connectivity index is 2.24. The van der Waals surface area contributed by atoms with Crippen molar-refractivity contribution in [1.82, 2.24) is 0 Å². The van der Waals surface area contributed by atoms with Gasteiger partial charge in [-0.1, -0.05) is 6.08 Å². The van der Waals surface area contributed by atoms with Crippen molar-refractivity contribution in [3.63, 3.8) is 0 Å². The number of nitrogens with one attached hydrogen (secondary N) is 1. The van der Waals surface area contributed by atoms with E-state index in [-0.39, 0.29) is 0 Å². The summed E-state index contributed by atoms with van der Waals surface area (Å²) in [7, 11) is 0. The van der Waals surface area contributed by atoms with Crippen LogP contribution >= 0.6 is 0 Å². The molecule has 0 radical (unpaired) electrons. The molecule has 0 saturated carbocycles. The Kier molecular flexibility index (Phi) is 2.90. The molecule has 0 amide bonds. The van der Waals surface area contributed by atoms with E-state index in [2.05, 4.69) is 6.58 Å². The number of hydrogen-bond acceptors (Lipinski definition) is 1. The van der Waals surface area contributed by atoms with Crippen LogP contribution in [0.3, 0.4) is 0 Å². The van der Waals surface area contributed by atoms with Crippen LogP contribution in [0.4, 0.5) is 0 Å². The summed E-state index contributed by atoms with van der Waals surface area (Å²) in [5, 5.41) is 11.4. The Morgan fingerprint density at radius 1 is 1.70 bits per heavy atom. The van der Waals surface area contributed by atoms with Gasteiger partial charge in [0, 0.05) is 5.92 Å². The standard InChI is InChI=1S/C8H15NO/c1-2-4-8-5-3-6-9(10)7-8/h2,8-9H,1,3-7H2. The predicted octanol–water partition coefficient (Wildman–Crippen LogP) is 0.355. The molecule has 2 heteroatoms. The lowest BCUT2D eigenvalue weighted by Crippen LogP contribution is -3.08. The molecule has 2 nitrogen and oxygen atoms in total. The summed E-state index contributed by atoms with van der Waals surface area (Å²) in [6.45, 7) is 5.28. The van der Waals surface area contributed by atoms with Gasteiger partial charge in [-0.05, 0) is 19.3 Å². The van der Waals surface area contributed by atoms with Crippen LogP contribution < -0.4 is 5.06 Å². The van der Waals surface area contributed by atoms with E-state index in [9.17, 15) is 5.21 Å². The van der Waals surface area contributed by atoms with Gasteiger partial charge in [-0.3, -0.25) is 0 Å². The first-order valence-corrected chi connectivity index (χ1v) is 3.95. The quantitative estimate of drug-likeness (QED) is 0.436. The van der Waals surface area contributed by atoms with E-state index in [1.54, 1.807) is 0 Å². The van der Waals surface area contributed by atoms with Crippen molar-refractivity contribution >= 4 is 0 Å². The van der Waals surface area contributed by atoms with Gasteiger partial charge in [0.2, 0.25) is 0 Å². The average molecular weight is 141 g/mol. The minimum Gasteiger partial charge on any atom is -0.634 e. The maximum absolute atomic E-state index is 10.9. The van der Waals surface area contributed by atoms with Gasteiger partial charge in [-0.25, -0.2) is 0 Å². The topological polar surface area (TPSA) is 27.5 Å². The van der Waals surface area contributed by atoms with Crippen molar-refractivity contribution < 1.29 is 5.06 Å². The molecule has 1 fully saturated rings. The minimum atomic E-state index is 0.443. The predicted molar refractivity (Wildman–Crippen MR) is 41.6 cm³/mol. The van der Waals surface area contributed by atoms with E-state index >= 15 is 0 Å². The molecule has 0 aromatic rings. The lowest BCUT2D eigenvalue weighted by atomic mass is 9.96. The molecule has 1 aliphatic rings. The van der Waals surface area contributed by atoms with Crippen molar-refractivity contribution in [2.45, 2.75) is 19.3 Å². The third-order valence-electron chi connectivity index (χ3n) is 2.08. The summed E-state index contributed by atoms with van der Waals surface area (Å²) >= 11 is 0. The summed E-state index contributed by atoms with van der Waals surface area (Å²) < 4.78 is 0. The van der Waals surface area contributed by atoms with Gasteiger partial charge in [-0.15, -0.1) is 6.58 Å². The van der Waals surface area contributed by atoms with Crippen molar-refractivity contribution in [3.05, 3.63) is 17.9 Å². The molecule has 1 N–H and O–H groups in total. The number of quaternary nitrogens is 1. The molecule has 0 spiro atoms. The smallest absolute Gasteiger partial charge is 0.0799 e. The first-order chi connectivity index (χ1) is 4.83. The molecule has 2 atom stereocenters. The highest BCUT2D eigenvalue weighted by Gasteiger charge is 2.16. The molecule has 0 aromatic heterocycles. The van der Waals surface area contributed by atoms with E-state index in [0.29, 0.717) is 11.0 Å². The van der Waals surface area contributed by atoms with Crippen LogP contribution in [0.15, 0.2) is 12.7 Å². The minimum absolute atomic E-state index is 0.443. The molecule has 1 rings (SSSR count). The zero-order chi connectivity index (χ0) is 7.40. The van der Waals surface area contributed by atoms with E-state index in [4.69, 9.17) is 0 Å². The molecule has 0 bridgehead atoms. The van der Waals surface area contributed by atoms with Gasteiger partial charge in [0.15, 0.2) is 0 Å². The zero-order valence-corrected chi connectivity index (χ0v) is 6.31. The Labute approximate surface area is 62.1 Å². The molecular formula is C8H15NO. The van der Waals surface area contributed by atoms with Gasteiger partial charge >= 0.3 is 0 Å². The van der Waals surface area contributed by atoms with Crippen molar-refractivity contribution in [1.29, 1.82) is 0 Å². The van der Waals surface area contributed by atoms with Gasteiger partial charge in [-0.2, -0.15) is 0 Å². The number of hydroxylamine groups is 2. The third kappa shape index (κ3) is 2.12. The van der Waals surface area contributed by atoms with Crippen molar-refractivity contribution in [3.8, 4) is 0 Å². The molecule has 1 saturated heterocycles. The molecule has 0 aromatic carbocycles. The van der Waals surface area contributed by atoms with Crippen LogP contribution in [0.1, 0.15) is 19.3 Å². The van der Waals surface area contributed by atoms with Crippen LogP contribution in [0.5, 0.6) is 0 Å². The Hall–Kier alpha value is -0.340. The largest absolute Gasteiger partial charge is 0.634 e. The highest BCUT2D eigenvalue weighted by molar-refractivity contribution is 4.73. The summed E-state index contributed by atoms with van der Waals surface area (Å²) in [6, 6.07) is 0. The maximum atomic E-state index is 10.9. The lowest BCUT2D eigenvalue weighted by Gasteiger charge is -2.31. The molecule has 1 heterocycles. The fourth-order valence-corrected chi connectivity index (χ4v) is 1.55. The van der Waals surface area contributed by atoms with Crippen molar-refractivity contribution in [2.75, 3.05) is 13.1 Å². The maximum Gasteiger partial charge on any atom is 0.0799 e. The second kappa shape index (κ2) is 3.74. The Morgan fingerprint density at radius 2 is 2.50 bits per heavy atom. The highest BCUT2D eigenvalue weighted by Crippen LogP contribution is 2.11. The third-order valence-corrected chi connectivity index (χ3v) is 2.08. The van der Waals surface area contributed by atoms with Gasteiger partial charge in [0.1, 0.15) is 0 Å². The summed E-state index contributed by atoms with van der Waals surface area (Å²) in [5.74, 6) is 0.610. The highest BCUT2D eigenvalue weighted by atomic mass is 16.5. The van der Waals surface area contributed by atoms with E-state index in [1.807, 2.05) is 6.08 Å². The van der Waals surface area contributed by atoms with E-state index < -0.39 is 0 Å². The van der Waals surface area contributed by atoms with Gasteiger partial charge in [0.05, 0.1) is 13.1 Å². The number of rotatable bonds is 2. The molecule has 0 aliphatic carbocycles. The van der Waals surface area contributed by atoms with Crippen LogP contribution in [0.2, 0.25) is 0 Å². The fraction of sp³-hybridized carbons (Fsp3) is 0.750. The Bertz CT molecular complexity index is 114. The summed E-state index contributed by atoms with van der Waals surface area (Å²) in [6.07, 6.45) is 5.25. The number of hydrogen-bond donors (Lipinski definition) is 1. The van der Waals surface area contributed by atoms with Crippen LogP contribution in [-0.4, -0.2) is 13.1 Å². The normalized spacial score (nSPS) is 33.7. The molecule has 1 aliphatic heterocycles. The van der Waals surface area contributed by atoms with E-state index in [0.717, 1.165) is 25.9 Å². The second-order valence-corrected chi connectivity index (χ2v) is 3.03. The molecule has 10 heavy (non-hydrogen) atoms. The van der Waals surface area contributed by atoms with Crippen LogP contribution in [-0.2, 0) is 0 Å². The lowest BCUT2D eigenvalue weighted by molar-refractivity contribution is -0.857. The summed E-state index contributed by atoms with van der Waals surface area (Å²) in [5.41, 5.74) is 0. The van der Waals surface area contributed by atoms with Crippen LogP contribution in [0.25, 0.3) is 0 Å². The SMILES string of the molecule is C=CCC1CCC[NH+]([O-])C1. The van der Waals surface area contributed by atoms with E-state index in [1.165, 1.54) is 6.42 Å².